The van der Waals surface area contributed by atoms with Crippen LogP contribution in [0.4, 0.5) is 0 Å². The highest BCUT2D eigenvalue weighted by Gasteiger charge is 2.30. The molecule has 2 rings (SSSR count). The Labute approximate surface area is 123 Å². The fraction of sp³-hybridized carbons (Fsp3) is 0.647. The minimum atomic E-state index is 0.217. The number of aryl methyl sites for hydroxylation is 2. The maximum atomic E-state index is 6.53. The molecule has 0 radical (unpaired) electrons. The Hall–Kier alpha value is -0.900. The molecule has 2 unspecified atom stereocenters. The first kappa shape index (κ1) is 15.5. The van der Waals surface area contributed by atoms with Crippen molar-refractivity contribution >= 4 is 0 Å². The lowest BCUT2D eigenvalue weighted by Gasteiger charge is -2.35. The lowest BCUT2D eigenvalue weighted by molar-refractivity contribution is 0.114. The molecule has 0 saturated carbocycles. The van der Waals surface area contributed by atoms with Crippen molar-refractivity contribution in [3.8, 4) is 0 Å². The Morgan fingerprint density at radius 3 is 2.60 bits per heavy atom. The van der Waals surface area contributed by atoms with E-state index in [4.69, 9.17) is 10.5 Å². The predicted molar refractivity (Wildman–Crippen MR) is 83.9 cm³/mol. The molecule has 1 aliphatic heterocycles. The normalized spacial score (nSPS) is 24.6. The monoisotopic (exact) mass is 276 g/mol. The van der Waals surface area contributed by atoms with Crippen molar-refractivity contribution in [3.63, 3.8) is 0 Å². The fourth-order valence-electron chi connectivity index (χ4n) is 3.41. The van der Waals surface area contributed by atoms with Gasteiger partial charge in [-0.25, -0.2) is 0 Å². The molecule has 3 heteroatoms. The first-order valence-corrected chi connectivity index (χ1v) is 7.70. The zero-order valence-corrected chi connectivity index (χ0v) is 13.1. The quantitative estimate of drug-likeness (QED) is 0.919. The number of likely N-dealkylation sites (tertiary alicyclic amines) is 1. The Balaban J connectivity index is 2.35. The van der Waals surface area contributed by atoms with Gasteiger partial charge in [-0.1, -0.05) is 24.6 Å². The summed E-state index contributed by atoms with van der Waals surface area (Å²) in [5.41, 5.74) is 10.7. The first-order chi connectivity index (χ1) is 9.65. The van der Waals surface area contributed by atoms with Crippen LogP contribution in [0.3, 0.4) is 0 Å². The molecule has 2 N–H and O–H groups in total. The third-order valence-electron chi connectivity index (χ3n) is 4.45. The van der Waals surface area contributed by atoms with Crippen LogP contribution in [-0.4, -0.2) is 37.7 Å². The fourth-order valence-corrected chi connectivity index (χ4v) is 3.41. The molecule has 112 valence electrons. The molecule has 1 fully saturated rings. The highest BCUT2D eigenvalue weighted by Crippen LogP contribution is 2.33. The van der Waals surface area contributed by atoms with Crippen molar-refractivity contribution in [2.24, 2.45) is 5.73 Å². The second-order valence-electron chi connectivity index (χ2n) is 5.94. The van der Waals surface area contributed by atoms with Gasteiger partial charge in [0.05, 0.1) is 12.6 Å². The van der Waals surface area contributed by atoms with Gasteiger partial charge in [-0.05, 0) is 49.9 Å². The van der Waals surface area contributed by atoms with Gasteiger partial charge in [0.1, 0.15) is 0 Å². The van der Waals surface area contributed by atoms with Gasteiger partial charge in [0.15, 0.2) is 0 Å². The number of rotatable bonds is 4. The molecule has 0 bridgehead atoms. The van der Waals surface area contributed by atoms with E-state index in [1.807, 2.05) is 0 Å². The van der Waals surface area contributed by atoms with Crippen LogP contribution in [0.1, 0.15) is 42.0 Å². The van der Waals surface area contributed by atoms with E-state index in [9.17, 15) is 0 Å². The predicted octanol–water partition coefficient (Wildman–Crippen LogP) is 2.80. The number of nitrogens with zero attached hydrogens (tertiary/aromatic N) is 1. The highest BCUT2D eigenvalue weighted by atomic mass is 16.5. The SMILES string of the molecule is COCCN1CCCCC(N)C1c1c(C)cccc1C. The Kier molecular flexibility index (Phi) is 5.58. The Bertz CT molecular complexity index is 413. The largest absolute Gasteiger partial charge is 0.383 e. The highest BCUT2D eigenvalue weighted by molar-refractivity contribution is 5.37. The molecule has 0 amide bonds. The molecule has 0 aliphatic carbocycles. The Morgan fingerprint density at radius 1 is 1.25 bits per heavy atom. The maximum absolute atomic E-state index is 6.53. The molecule has 1 saturated heterocycles. The average Bonchev–Trinajstić information content (AvgIpc) is 2.59. The third-order valence-corrected chi connectivity index (χ3v) is 4.45. The van der Waals surface area contributed by atoms with Crippen LogP contribution in [0, 0.1) is 13.8 Å². The molecule has 2 atom stereocenters. The lowest BCUT2D eigenvalue weighted by Crippen LogP contribution is -2.42. The van der Waals surface area contributed by atoms with Crippen LogP contribution >= 0.6 is 0 Å². The van der Waals surface area contributed by atoms with Crippen LogP contribution in [0.25, 0.3) is 0 Å². The van der Waals surface area contributed by atoms with Gasteiger partial charge >= 0.3 is 0 Å². The summed E-state index contributed by atoms with van der Waals surface area (Å²) in [7, 11) is 1.77. The smallest absolute Gasteiger partial charge is 0.0589 e. The zero-order chi connectivity index (χ0) is 14.5. The van der Waals surface area contributed by atoms with Gasteiger partial charge < -0.3 is 10.5 Å². The molecular formula is C17H28N2O. The van der Waals surface area contributed by atoms with E-state index in [1.54, 1.807) is 7.11 Å². The van der Waals surface area contributed by atoms with Gasteiger partial charge in [0.25, 0.3) is 0 Å². The molecular weight excluding hydrogens is 248 g/mol. The van der Waals surface area contributed by atoms with Crippen LogP contribution in [0.15, 0.2) is 18.2 Å². The van der Waals surface area contributed by atoms with Gasteiger partial charge in [-0.15, -0.1) is 0 Å². The zero-order valence-electron chi connectivity index (χ0n) is 13.1. The third kappa shape index (κ3) is 3.40. The van der Waals surface area contributed by atoms with E-state index in [0.29, 0.717) is 6.04 Å². The molecule has 1 aromatic rings. The molecule has 20 heavy (non-hydrogen) atoms. The van der Waals surface area contributed by atoms with E-state index >= 15 is 0 Å². The summed E-state index contributed by atoms with van der Waals surface area (Å²) < 4.78 is 5.28. The number of benzene rings is 1. The van der Waals surface area contributed by atoms with Crippen LogP contribution < -0.4 is 5.73 Å². The summed E-state index contributed by atoms with van der Waals surface area (Å²) >= 11 is 0. The minimum absolute atomic E-state index is 0.217. The van der Waals surface area contributed by atoms with E-state index in [2.05, 4.69) is 36.9 Å². The van der Waals surface area contributed by atoms with Gasteiger partial charge in [-0.3, -0.25) is 4.90 Å². The van der Waals surface area contributed by atoms with E-state index in [0.717, 1.165) is 26.1 Å². The first-order valence-electron chi connectivity index (χ1n) is 7.70. The summed E-state index contributed by atoms with van der Waals surface area (Å²) in [5.74, 6) is 0. The van der Waals surface area contributed by atoms with E-state index in [-0.39, 0.29) is 6.04 Å². The topological polar surface area (TPSA) is 38.5 Å². The van der Waals surface area contributed by atoms with Gasteiger partial charge in [0, 0.05) is 19.7 Å². The van der Waals surface area contributed by atoms with E-state index < -0.39 is 0 Å². The molecule has 0 spiro atoms. The number of methoxy groups -OCH3 is 1. The van der Waals surface area contributed by atoms with Crippen molar-refractivity contribution in [2.45, 2.75) is 45.2 Å². The lowest BCUT2D eigenvalue weighted by atomic mass is 9.89. The summed E-state index contributed by atoms with van der Waals surface area (Å²) in [6, 6.07) is 7.08. The summed E-state index contributed by atoms with van der Waals surface area (Å²) in [5, 5.41) is 0. The minimum Gasteiger partial charge on any atom is -0.383 e. The summed E-state index contributed by atoms with van der Waals surface area (Å²) in [6.07, 6.45) is 3.58. The van der Waals surface area contributed by atoms with Gasteiger partial charge in [0.2, 0.25) is 0 Å². The summed E-state index contributed by atoms with van der Waals surface area (Å²) in [6.45, 7) is 7.26. The van der Waals surface area contributed by atoms with Crippen molar-refractivity contribution in [1.82, 2.24) is 4.90 Å². The number of nitrogens with two attached hydrogens (primary N) is 1. The van der Waals surface area contributed by atoms with Crippen molar-refractivity contribution in [1.29, 1.82) is 0 Å². The van der Waals surface area contributed by atoms with Crippen LogP contribution in [-0.2, 0) is 4.74 Å². The second kappa shape index (κ2) is 7.21. The second-order valence-corrected chi connectivity index (χ2v) is 5.94. The number of ether oxygens (including phenoxy) is 1. The van der Waals surface area contributed by atoms with E-state index in [1.165, 1.54) is 29.5 Å². The van der Waals surface area contributed by atoms with Crippen molar-refractivity contribution in [3.05, 3.63) is 34.9 Å². The maximum Gasteiger partial charge on any atom is 0.0589 e. The molecule has 1 heterocycles. The summed E-state index contributed by atoms with van der Waals surface area (Å²) in [4.78, 5) is 2.52. The number of hydrogen-bond donors (Lipinski definition) is 1. The molecule has 1 aromatic carbocycles. The van der Waals surface area contributed by atoms with Gasteiger partial charge in [-0.2, -0.15) is 0 Å². The van der Waals surface area contributed by atoms with Crippen molar-refractivity contribution in [2.75, 3.05) is 26.8 Å². The Morgan fingerprint density at radius 2 is 1.95 bits per heavy atom. The standard InChI is InChI=1S/C17H28N2O/c1-13-7-6-8-14(2)16(13)17-15(18)9-4-5-10-19(17)11-12-20-3/h6-8,15,17H,4-5,9-12,18H2,1-3H3. The van der Waals surface area contributed by atoms with Crippen molar-refractivity contribution < 1.29 is 4.74 Å². The number of hydrogen-bond acceptors (Lipinski definition) is 3. The molecule has 3 nitrogen and oxygen atoms in total. The molecule has 1 aliphatic rings. The van der Waals surface area contributed by atoms with Crippen LogP contribution in [0.5, 0.6) is 0 Å². The average molecular weight is 276 g/mol. The van der Waals surface area contributed by atoms with Crippen LogP contribution in [0.2, 0.25) is 0 Å². The molecule has 0 aromatic heterocycles.